The first kappa shape index (κ1) is 25.1. The fourth-order valence-corrected chi connectivity index (χ4v) is 4.80. The van der Waals surface area contributed by atoms with E-state index in [9.17, 15) is 4.79 Å². The molecule has 4 rings (SSSR count). The summed E-state index contributed by atoms with van der Waals surface area (Å²) in [4.78, 5) is 13.1. The van der Waals surface area contributed by atoms with Crippen molar-refractivity contribution >= 4 is 62.2 Å². The molecular weight excluding hydrogens is 548 g/mol. The van der Waals surface area contributed by atoms with Crippen LogP contribution in [0.2, 0.25) is 5.02 Å². The maximum absolute atomic E-state index is 12.1. The molecule has 0 radical (unpaired) electrons. The SMILES string of the molecule is COc1cc(/C=N/NC(=O)CSc2ccc(Cl)cc2)cc(Br)c1OCc1cccc2ccccc12. The number of hydrazone groups is 1. The summed E-state index contributed by atoms with van der Waals surface area (Å²) in [7, 11) is 1.59. The second-order valence-electron chi connectivity index (χ2n) is 7.50. The van der Waals surface area contributed by atoms with Gasteiger partial charge < -0.3 is 9.47 Å². The molecule has 4 aromatic rings. The first-order chi connectivity index (χ1) is 17.0. The summed E-state index contributed by atoms with van der Waals surface area (Å²) >= 11 is 10.9. The van der Waals surface area contributed by atoms with Crippen molar-refractivity contribution in [3.05, 3.63) is 99.5 Å². The highest BCUT2D eigenvalue weighted by molar-refractivity contribution is 9.10. The molecule has 0 aliphatic carbocycles. The van der Waals surface area contributed by atoms with E-state index < -0.39 is 0 Å². The van der Waals surface area contributed by atoms with E-state index in [1.807, 2.05) is 36.4 Å². The predicted octanol–water partition coefficient (Wildman–Crippen LogP) is 7.09. The molecule has 1 N–H and O–H groups in total. The number of carbonyl (C=O) groups is 1. The fraction of sp³-hybridized carbons (Fsp3) is 0.111. The summed E-state index contributed by atoms with van der Waals surface area (Å²) in [6.45, 7) is 0.394. The summed E-state index contributed by atoms with van der Waals surface area (Å²) in [5, 5.41) is 7.05. The predicted molar refractivity (Wildman–Crippen MR) is 147 cm³/mol. The maximum atomic E-state index is 12.1. The number of nitrogens with zero attached hydrogens (tertiary/aromatic N) is 1. The highest BCUT2D eigenvalue weighted by Crippen LogP contribution is 2.37. The van der Waals surface area contributed by atoms with Crippen LogP contribution in [-0.4, -0.2) is 25.0 Å². The Morgan fingerprint density at radius 1 is 1.09 bits per heavy atom. The molecule has 0 unspecified atom stereocenters. The van der Waals surface area contributed by atoms with E-state index in [0.717, 1.165) is 25.9 Å². The summed E-state index contributed by atoms with van der Waals surface area (Å²) < 4.78 is 12.4. The van der Waals surface area contributed by atoms with Gasteiger partial charge in [-0.05, 0) is 74.2 Å². The molecule has 0 heterocycles. The number of hydrogen-bond donors (Lipinski definition) is 1. The minimum atomic E-state index is -0.206. The summed E-state index contributed by atoms with van der Waals surface area (Å²) in [5.74, 6) is 1.20. The highest BCUT2D eigenvalue weighted by Gasteiger charge is 2.12. The van der Waals surface area contributed by atoms with Gasteiger partial charge in [-0.2, -0.15) is 5.10 Å². The number of hydrogen-bond acceptors (Lipinski definition) is 5. The molecular formula is C27H22BrClN2O3S. The third kappa shape index (κ3) is 6.78. The molecule has 178 valence electrons. The Labute approximate surface area is 221 Å². The normalized spacial score (nSPS) is 11.1. The van der Waals surface area contributed by atoms with E-state index in [0.29, 0.717) is 23.1 Å². The number of carbonyl (C=O) groups excluding carboxylic acids is 1. The summed E-state index contributed by atoms with van der Waals surface area (Å²) in [6.07, 6.45) is 1.56. The van der Waals surface area contributed by atoms with E-state index in [1.165, 1.54) is 17.1 Å². The topological polar surface area (TPSA) is 59.9 Å². The molecule has 0 fully saturated rings. The largest absolute Gasteiger partial charge is 0.493 e. The number of benzene rings is 4. The monoisotopic (exact) mass is 568 g/mol. The van der Waals surface area contributed by atoms with Crippen LogP contribution < -0.4 is 14.9 Å². The van der Waals surface area contributed by atoms with Gasteiger partial charge in [0.15, 0.2) is 11.5 Å². The van der Waals surface area contributed by atoms with Crippen molar-refractivity contribution in [3.63, 3.8) is 0 Å². The maximum Gasteiger partial charge on any atom is 0.250 e. The lowest BCUT2D eigenvalue weighted by atomic mass is 10.1. The molecule has 4 aromatic carbocycles. The van der Waals surface area contributed by atoms with Gasteiger partial charge in [-0.25, -0.2) is 5.43 Å². The lowest BCUT2D eigenvalue weighted by Gasteiger charge is -2.14. The average molecular weight is 570 g/mol. The Morgan fingerprint density at radius 2 is 1.86 bits per heavy atom. The Bertz CT molecular complexity index is 1360. The van der Waals surface area contributed by atoms with Crippen LogP contribution in [0.3, 0.4) is 0 Å². The molecule has 8 heteroatoms. The van der Waals surface area contributed by atoms with Crippen LogP contribution >= 0.6 is 39.3 Å². The zero-order valence-electron chi connectivity index (χ0n) is 18.8. The van der Waals surface area contributed by atoms with E-state index >= 15 is 0 Å². The lowest BCUT2D eigenvalue weighted by Crippen LogP contribution is -2.19. The van der Waals surface area contributed by atoms with E-state index in [-0.39, 0.29) is 11.7 Å². The van der Waals surface area contributed by atoms with Crippen molar-refractivity contribution < 1.29 is 14.3 Å². The van der Waals surface area contributed by atoms with E-state index in [2.05, 4.69) is 50.7 Å². The van der Waals surface area contributed by atoms with Crippen LogP contribution in [-0.2, 0) is 11.4 Å². The summed E-state index contributed by atoms with van der Waals surface area (Å²) in [5.41, 5.74) is 4.38. The molecule has 35 heavy (non-hydrogen) atoms. The molecule has 0 bridgehead atoms. The summed E-state index contributed by atoms with van der Waals surface area (Å²) in [6, 6.07) is 25.4. The van der Waals surface area contributed by atoms with Crippen molar-refractivity contribution in [2.75, 3.05) is 12.9 Å². The van der Waals surface area contributed by atoms with Crippen molar-refractivity contribution in [2.24, 2.45) is 5.10 Å². The third-order valence-corrected chi connectivity index (χ3v) is 6.94. The molecule has 1 amide bonds. The fourth-order valence-electron chi connectivity index (χ4n) is 3.41. The molecule has 0 saturated carbocycles. The van der Waals surface area contributed by atoms with Crippen molar-refractivity contribution in [3.8, 4) is 11.5 Å². The van der Waals surface area contributed by atoms with Gasteiger partial charge in [0.1, 0.15) is 6.61 Å². The minimum absolute atomic E-state index is 0.206. The van der Waals surface area contributed by atoms with Crippen molar-refractivity contribution in [1.29, 1.82) is 0 Å². The van der Waals surface area contributed by atoms with Gasteiger partial charge in [-0.3, -0.25) is 4.79 Å². The first-order valence-electron chi connectivity index (χ1n) is 10.7. The number of methoxy groups -OCH3 is 1. The van der Waals surface area contributed by atoms with Gasteiger partial charge >= 0.3 is 0 Å². The smallest absolute Gasteiger partial charge is 0.250 e. The molecule has 5 nitrogen and oxygen atoms in total. The zero-order chi connectivity index (χ0) is 24.6. The average Bonchev–Trinajstić information content (AvgIpc) is 2.87. The first-order valence-corrected chi connectivity index (χ1v) is 12.9. The van der Waals surface area contributed by atoms with Gasteiger partial charge in [0.05, 0.1) is 23.5 Å². The van der Waals surface area contributed by atoms with Gasteiger partial charge in [-0.1, -0.05) is 54.1 Å². The minimum Gasteiger partial charge on any atom is -0.493 e. The third-order valence-electron chi connectivity index (χ3n) is 5.09. The second-order valence-corrected chi connectivity index (χ2v) is 9.84. The molecule has 0 aromatic heterocycles. The van der Waals surface area contributed by atoms with Gasteiger partial charge in [0.25, 0.3) is 0 Å². The number of rotatable bonds is 9. The molecule has 0 saturated heterocycles. The zero-order valence-corrected chi connectivity index (χ0v) is 22.0. The molecule has 0 atom stereocenters. The van der Waals surface area contributed by atoms with Crippen LogP contribution in [0.15, 0.2) is 93.3 Å². The molecule has 0 aliphatic rings. The van der Waals surface area contributed by atoms with Crippen molar-refractivity contribution in [2.45, 2.75) is 11.5 Å². The molecule has 0 aliphatic heterocycles. The van der Waals surface area contributed by atoms with Crippen LogP contribution in [0.1, 0.15) is 11.1 Å². The van der Waals surface area contributed by atoms with Crippen LogP contribution in [0, 0.1) is 0 Å². The van der Waals surface area contributed by atoms with Gasteiger partial charge in [-0.15, -0.1) is 11.8 Å². The van der Waals surface area contributed by atoms with Crippen molar-refractivity contribution in [1.82, 2.24) is 5.43 Å². The standard InChI is InChI=1S/C27H22BrClN2O3S/c1-33-25-14-18(15-30-31-26(32)17-35-22-11-9-21(29)10-12-22)13-24(28)27(25)34-16-20-7-4-6-19-5-2-3-8-23(19)20/h2-15H,16-17H2,1H3,(H,31,32)/b30-15+. The number of halogens is 2. The Balaban J connectivity index is 1.38. The number of thioether (sulfide) groups is 1. The number of nitrogens with one attached hydrogen (secondary N) is 1. The van der Waals surface area contributed by atoms with Crippen LogP contribution in [0.5, 0.6) is 11.5 Å². The van der Waals surface area contributed by atoms with E-state index in [1.54, 1.807) is 31.5 Å². The van der Waals surface area contributed by atoms with Crippen LogP contribution in [0.25, 0.3) is 10.8 Å². The quantitative estimate of drug-likeness (QED) is 0.133. The molecule has 0 spiro atoms. The van der Waals surface area contributed by atoms with Crippen LogP contribution in [0.4, 0.5) is 0 Å². The number of ether oxygens (including phenoxy) is 2. The second kappa shape index (κ2) is 12.1. The van der Waals surface area contributed by atoms with Gasteiger partial charge in [0.2, 0.25) is 5.91 Å². The highest BCUT2D eigenvalue weighted by atomic mass is 79.9. The van der Waals surface area contributed by atoms with Gasteiger partial charge in [0, 0.05) is 9.92 Å². The van der Waals surface area contributed by atoms with E-state index in [4.69, 9.17) is 21.1 Å². The lowest BCUT2D eigenvalue weighted by molar-refractivity contribution is -0.118. The number of amides is 1. The Hall–Kier alpha value is -3.00. The Morgan fingerprint density at radius 3 is 2.66 bits per heavy atom. The Kier molecular flexibility index (Phi) is 8.69. The number of fused-ring (bicyclic) bond motifs is 1.